The molecule has 0 aliphatic carbocycles. The lowest BCUT2D eigenvalue weighted by Crippen LogP contribution is -2.30. The Balaban J connectivity index is 2.09. The van der Waals surface area contributed by atoms with Crippen molar-refractivity contribution in [1.29, 1.82) is 0 Å². The normalized spacial score (nSPS) is 13.1. The van der Waals surface area contributed by atoms with Gasteiger partial charge >= 0.3 is 12.3 Å². The lowest BCUT2D eigenvalue weighted by molar-refractivity contribution is -0.137. The summed E-state index contributed by atoms with van der Waals surface area (Å²) < 4.78 is 41.3. The average molecular weight is 479 g/mol. The van der Waals surface area contributed by atoms with Gasteiger partial charge in [0.15, 0.2) is 0 Å². The van der Waals surface area contributed by atoms with Crippen LogP contribution < -0.4 is 5.32 Å². The Morgan fingerprint density at radius 1 is 1.07 bits per heavy atom. The fraction of sp³-hybridized carbons (Fsp3) is 0.188. The molecule has 0 bridgehead atoms. The molecule has 1 amide bonds. The molecular formula is C16H10Cl4F3NO2S. The fourth-order valence-corrected chi connectivity index (χ4v) is 3.28. The zero-order chi connectivity index (χ0) is 20.2. The third kappa shape index (κ3) is 7.16. The second-order valence-electron chi connectivity index (χ2n) is 5.05. The number of anilines is 1. The maximum Gasteiger partial charge on any atom is 0.416 e. The number of amides is 1. The molecule has 2 rings (SSSR count). The van der Waals surface area contributed by atoms with Gasteiger partial charge in [-0.05, 0) is 42.5 Å². The topological polar surface area (TPSA) is 38.3 Å². The number of benzene rings is 2. The van der Waals surface area contributed by atoms with Gasteiger partial charge in [0.25, 0.3) is 0 Å². The molecule has 1 N–H and O–H groups in total. The van der Waals surface area contributed by atoms with E-state index in [2.05, 4.69) is 5.32 Å². The number of carbonyl (C=O) groups excluding carboxylic acids is 1. The summed E-state index contributed by atoms with van der Waals surface area (Å²) in [4.78, 5) is 12.6. The van der Waals surface area contributed by atoms with Gasteiger partial charge in [-0.3, -0.25) is 5.32 Å². The molecule has 0 aliphatic heterocycles. The summed E-state index contributed by atoms with van der Waals surface area (Å²) in [5.74, 6) is 0. The van der Waals surface area contributed by atoms with Gasteiger partial charge in [0, 0.05) is 15.6 Å². The van der Waals surface area contributed by atoms with E-state index in [1.54, 1.807) is 24.3 Å². The van der Waals surface area contributed by atoms with Crippen LogP contribution in [0.4, 0.5) is 23.7 Å². The SMILES string of the molecule is O=C(Nc1cccc(C(F)(F)F)c1)OC(Sc1ccc(Cl)cc1)C(Cl)(Cl)Cl. The second kappa shape index (κ2) is 9.01. The van der Waals surface area contributed by atoms with E-state index in [9.17, 15) is 18.0 Å². The van der Waals surface area contributed by atoms with Crippen LogP contribution in [0.5, 0.6) is 0 Å². The standard InChI is InChI=1S/C16H10Cl4F3NO2S/c17-10-4-6-12(7-5-10)27-13(15(18,19)20)26-14(25)24-11-3-1-2-9(8-11)16(21,22)23/h1-8,13H,(H,24,25). The molecule has 0 saturated heterocycles. The quantitative estimate of drug-likeness (QED) is 0.282. The molecule has 0 spiro atoms. The van der Waals surface area contributed by atoms with Gasteiger partial charge in [-0.25, -0.2) is 4.79 Å². The molecule has 2 aromatic carbocycles. The van der Waals surface area contributed by atoms with Crippen molar-refractivity contribution in [2.75, 3.05) is 5.32 Å². The summed E-state index contributed by atoms with van der Waals surface area (Å²) in [7, 11) is 0. The zero-order valence-electron chi connectivity index (χ0n) is 13.1. The smallest absolute Gasteiger partial charge is 0.416 e. The molecular weight excluding hydrogens is 469 g/mol. The lowest BCUT2D eigenvalue weighted by Gasteiger charge is -2.24. The van der Waals surface area contributed by atoms with Gasteiger partial charge in [0.05, 0.1) is 5.56 Å². The van der Waals surface area contributed by atoms with E-state index >= 15 is 0 Å². The number of hydrogen-bond acceptors (Lipinski definition) is 3. The third-order valence-corrected chi connectivity index (χ3v) is 5.42. The molecule has 146 valence electrons. The monoisotopic (exact) mass is 477 g/mol. The van der Waals surface area contributed by atoms with Crippen molar-refractivity contribution in [3.63, 3.8) is 0 Å². The molecule has 0 heterocycles. The van der Waals surface area contributed by atoms with Gasteiger partial charge < -0.3 is 4.74 Å². The number of hydrogen-bond donors (Lipinski definition) is 1. The van der Waals surface area contributed by atoms with E-state index in [0.29, 0.717) is 9.92 Å². The molecule has 27 heavy (non-hydrogen) atoms. The fourth-order valence-electron chi connectivity index (χ4n) is 1.81. The summed E-state index contributed by atoms with van der Waals surface area (Å²) in [6.07, 6.45) is -5.63. The van der Waals surface area contributed by atoms with Crippen molar-refractivity contribution in [1.82, 2.24) is 0 Å². The Kier molecular flexibility index (Phi) is 7.44. The maximum absolute atomic E-state index is 12.7. The summed E-state index contributed by atoms with van der Waals surface area (Å²) in [6.45, 7) is 0. The van der Waals surface area contributed by atoms with Crippen LogP contribution in [0.15, 0.2) is 53.4 Å². The number of thioether (sulfide) groups is 1. The predicted molar refractivity (Wildman–Crippen MR) is 103 cm³/mol. The minimum atomic E-state index is -4.55. The van der Waals surface area contributed by atoms with Crippen LogP contribution in [-0.4, -0.2) is 15.3 Å². The van der Waals surface area contributed by atoms with E-state index < -0.39 is 27.1 Å². The Bertz CT molecular complexity index is 797. The highest BCUT2D eigenvalue weighted by Crippen LogP contribution is 2.41. The molecule has 11 heteroatoms. The molecule has 0 aromatic heterocycles. The lowest BCUT2D eigenvalue weighted by atomic mass is 10.2. The summed E-state index contributed by atoms with van der Waals surface area (Å²) in [6, 6.07) is 10.5. The van der Waals surface area contributed by atoms with Gasteiger partial charge in [-0.1, -0.05) is 64.2 Å². The number of ether oxygens (including phenoxy) is 1. The van der Waals surface area contributed by atoms with E-state index in [1.807, 2.05) is 0 Å². The van der Waals surface area contributed by atoms with Crippen molar-refractivity contribution < 1.29 is 22.7 Å². The Morgan fingerprint density at radius 3 is 2.26 bits per heavy atom. The van der Waals surface area contributed by atoms with Crippen LogP contribution in [0.3, 0.4) is 0 Å². The minimum absolute atomic E-state index is 0.116. The molecule has 1 unspecified atom stereocenters. The van der Waals surface area contributed by atoms with Gasteiger partial charge in [0.1, 0.15) is 0 Å². The van der Waals surface area contributed by atoms with Crippen molar-refractivity contribution in [2.45, 2.75) is 20.3 Å². The maximum atomic E-state index is 12.7. The van der Waals surface area contributed by atoms with E-state index in [4.69, 9.17) is 51.1 Å². The summed E-state index contributed by atoms with van der Waals surface area (Å²) >= 11 is 24.3. The number of nitrogens with one attached hydrogen (secondary N) is 1. The number of rotatable bonds is 4. The Morgan fingerprint density at radius 2 is 1.70 bits per heavy atom. The second-order valence-corrected chi connectivity index (χ2v) is 8.99. The molecule has 1 atom stereocenters. The first-order chi connectivity index (χ1) is 12.4. The summed E-state index contributed by atoms with van der Waals surface area (Å²) in [5.41, 5.74) is -2.31. The predicted octanol–water partition coefficient (Wildman–Crippen LogP) is 7.40. The van der Waals surface area contributed by atoms with Crippen LogP contribution in [0.2, 0.25) is 5.02 Å². The molecule has 0 fully saturated rings. The van der Waals surface area contributed by atoms with Gasteiger partial charge in [-0.15, -0.1) is 0 Å². The first kappa shape index (κ1) is 22.3. The van der Waals surface area contributed by atoms with Crippen molar-refractivity contribution in [3.8, 4) is 0 Å². The van der Waals surface area contributed by atoms with Crippen molar-refractivity contribution >= 4 is 69.9 Å². The molecule has 0 saturated carbocycles. The average Bonchev–Trinajstić information content (AvgIpc) is 2.55. The first-order valence-electron chi connectivity index (χ1n) is 7.09. The third-order valence-electron chi connectivity index (χ3n) is 2.97. The Hall–Kier alpha value is -0.990. The number of halogens is 7. The molecule has 3 nitrogen and oxygen atoms in total. The highest BCUT2D eigenvalue weighted by Gasteiger charge is 2.37. The van der Waals surface area contributed by atoms with Gasteiger partial charge in [-0.2, -0.15) is 13.2 Å². The van der Waals surface area contributed by atoms with Crippen molar-refractivity contribution in [3.05, 3.63) is 59.1 Å². The van der Waals surface area contributed by atoms with Crippen molar-refractivity contribution in [2.24, 2.45) is 0 Å². The van der Waals surface area contributed by atoms with Crippen LogP contribution in [0.1, 0.15) is 5.56 Å². The van der Waals surface area contributed by atoms with Gasteiger partial charge in [0.2, 0.25) is 9.23 Å². The number of carbonyl (C=O) groups is 1. The number of alkyl halides is 6. The van der Waals surface area contributed by atoms with E-state index in [0.717, 1.165) is 30.0 Å². The zero-order valence-corrected chi connectivity index (χ0v) is 16.9. The summed E-state index contributed by atoms with van der Waals surface area (Å²) in [5, 5.41) is 2.67. The van der Waals surface area contributed by atoms with E-state index in [-0.39, 0.29) is 5.69 Å². The van der Waals surface area contributed by atoms with Crippen LogP contribution in [0.25, 0.3) is 0 Å². The first-order valence-corrected chi connectivity index (χ1v) is 9.48. The largest absolute Gasteiger partial charge is 0.430 e. The minimum Gasteiger partial charge on any atom is -0.430 e. The van der Waals surface area contributed by atoms with Crippen LogP contribution >= 0.6 is 58.2 Å². The Labute approximate surface area is 177 Å². The molecule has 0 aliphatic rings. The highest BCUT2D eigenvalue weighted by atomic mass is 35.6. The van der Waals surface area contributed by atoms with Crippen LogP contribution in [-0.2, 0) is 10.9 Å². The molecule has 0 radical (unpaired) electrons. The van der Waals surface area contributed by atoms with Crippen LogP contribution in [0, 0.1) is 0 Å². The highest BCUT2D eigenvalue weighted by molar-refractivity contribution is 8.00. The van der Waals surface area contributed by atoms with E-state index in [1.165, 1.54) is 6.07 Å². The molecule has 2 aromatic rings.